The van der Waals surface area contributed by atoms with E-state index in [9.17, 15) is 9.18 Å². The van der Waals surface area contributed by atoms with Crippen LogP contribution in [0.15, 0.2) is 48.5 Å². The van der Waals surface area contributed by atoms with Crippen LogP contribution in [-0.4, -0.2) is 35.3 Å². The Balaban J connectivity index is 1.52. The van der Waals surface area contributed by atoms with Crippen molar-refractivity contribution in [3.63, 3.8) is 0 Å². The predicted molar refractivity (Wildman–Crippen MR) is 100 cm³/mol. The van der Waals surface area contributed by atoms with Gasteiger partial charge in [-0.25, -0.2) is 4.39 Å². The van der Waals surface area contributed by atoms with Gasteiger partial charge in [-0.05, 0) is 54.8 Å². The van der Waals surface area contributed by atoms with Crippen molar-refractivity contribution in [2.24, 2.45) is 0 Å². The lowest BCUT2D eigenvalue weighted by Gasteiger charge is -2.48. The van der Waals surface area contributed by atoms with Gasteiger partial charge in [-0.2, -0.15) is 0 Å². The summed E-state index contributed by atoms with van der Waals surface area (Å²) in [6, 6.07) is 15.5. The number of hydrogen-bond donors (Lipinski definition) is 0. The highest BCUT2D eigenvalue weighted by molar-refractivity contribution is 5.74. The molecule has 2 aliphatic rings. The van der Waals surface area contributed by atoms with Crippen molar-refractivity contribution in [3.05, 3.63) is 71.0 Å². The van der Waals surface area contributed by atoms with Gasteiger partial charge in [0.05, 0.1) is 0 Å². The number of piperidine rings is 1. The zero-order valence-corrected chi connectivity index (χ0v) is 15.2. The van der Waals surface area contributed by atoms with Crippen LogP contribution in [-0.2, 0) is 23.3 Å². The molecule has 0 bridgehead atoms. The van der Waals surface area contributed by atoms with Gasteiger partial charge in [0, 0.05) is 32.0 Å². The number of hydrogen-bond acceptors (Lipinski definition) is 2. The van der Waals surface area contributed by atoms with Crippen LogP contribution in [0.4, 0.5) is 4.39 Å². The minimum atomic E-state index is -0.172. The standard InChI is InChI=1S/C22H25FN2O/c1-17(26)25-15-19-6-2-3-8-21(19)22(16-25)9-11-24(12-10-22)14-18-5-4-7-20(23)13-18/h2-8,13H,9-12,14-16H2,1H3. The fourth-order valence-electron chi connectivity index (χ4n) is 4.57. The Hall–Kier alpha value is -2.20. The van der Waals surface area contributed by atoms with Gasteiger partial charge < -0.3 is 4.90 Å². The molecule has 1 amide bonds. The van der Waals surface area contributed by atoms with E-state index in [1.54, 1.807) is 19.1 Å². The first kappa shape index (κ1) is 17.2. The maximum absolute atomic E-state index is 13.4. The first-order chi connectivity index (χ1) is 12.6. The molecular formula is C22H25FN2O. The van der Waals surface area contributed by atoms with Gasteiger partial charge >= 0.3 is 0 Å². The molecule has 0 saturated carbocycles. The largest absolute Gasteiger partial charge is 0.338 e. The first-order valence-corrected chi connectivity index (χ1v) is 9.36. The molecular weight excluding hydrogens is 327 g/mol. The van der Waals surface area contributed by atoms with E-state index < -0.39 is 0 Å². The normalized spacial score (nSPS) is 19.4. The van der Waals surface area contributed by atoms with Crippen molar-refractivity contribution in [1.82, 2.24) is 9.80 Å². The second-order valence-corrected chi connectivity index (χ2v) is 7.72. The van der Waals surface area contributed by atoms with Gasteiger partial charge in [0.15, 0.2) is 0 Å². The molecule has 0 N–H and O–H groups in total. The van der Waals surface area contributed by atoms with Crippen LogP contribution in [0.25, 0.3) is 0 Å². The van der Waals surface area contributed by atoms with E-state index in [1.165, 1.54) is 17.2 Å². The zero-order valence-electron chi connectivity index (χ0n) is 15.2. The number of halogens is 1. The summed E-state index contributed by atoms with van der Waals surface area (Å²) in [4.78, 5) is 16.4. The van der Waals surface area contributed by atoms with Gasteiger partial charge in [-0.3, -0.25) is 9.69 Å². The molecule has 1 saturated heterocycles. The summed E-state index contributed by atoms with van der Waals surface area (Å²) in [5.74, 6) is -0.0182. The van der Waals surface area contributed by atoms with Crippen LogP contribution in [0.2, 0.25) is 0 Å². The fourth-order valence-corrected chi connectivity index (χ4v) is 4.57. The van der Waals surface area contributed by atoms with Gasteiger partial charge in [0.2, 0.25) is 5.91 Å². The summed E-state index contributed by atoms with van der Waals surface area (Å²) in [6.07, 6.45) is 2.06. The van der Waals surface area contributed by atoms with Crippen molar-refractivity contribution >= 4 is 5.91 Å². The second-order valence-electron chi connectivity index (χ2n) is 7.72. The highest BCUT2D eigenvalue weighted by Crippen LogP contribution is 2.42. The van der Waals surface area contributed by atoms with Crippen LogP contribution in [0.1, 0.15) is 36.5 Å². The minimum absolute atomic E-state index is 0.0545. The second kappa shape index (κ2) is 6.84. The monoisotopic (exact) mass is 352 g/mol. The van der Waals surface area contributed by atoms with E-state index in [4.69, 9.17) is 0 Å². The molecule has 0 aliphatic carbocycles. The molecule has 2 aliphatic heterocycles. The highest BCUT2D eigenvalue weighted by atomic mass is 19.1. The number of likely N-dealkylation sites (tertiary alicyclic amines) is 1. The number of benzene rings is 2. The van der Waals surface area contributed by atoms with Crippen molar-refractivity contribution < 1.29 is 9.18 Å². The molecule has 2 aromatic carbocycles. The number of amides is 1. The van der Waals surface area contributed by atoms with Gasteiger partial charge in [0.25, 0.3) is 0 Å². The van der Waals surface area contributed by atoms with Crippen LogP contribution >= 0.6 is 0 Å². The molecule has 0 aromatic heterocycles. The van der Waals surface area contributed by atoms with Crippen LogP contribution in [0.3, 0.4) is 0 Å². The number of nitrogens with zero attached hydrogens (tertiary/aromatic N) is 2. The number of carbonyl (C=O) groups is 1. The summed E-state index contributed by atoms with van der Waals surface area (Å²) < 4.78 is 13.4. The lowest BCUT2D eigenvalue weighted by atomic mass is 9.69. The molecule has 1 spiro atoms. The molecule has 4 rings (SSSR count). The van der Waals surface area contributed by atoms with Crippen LogP contribution in [0, 0.1) is 5.82 Å². The van der Waals surface area contributed by atoms with Crippen molar-refractivity contribution in [3.8, 4) is 0 Å². The summed E-state index contributed by atoms with van der Waals surface area (Å²) in [6.45, 7) is 5.92. The first-order valence-electron chi connectivity index (χ1n) is 9.36. The Morgan fingerprint density at radius 1 is 1.12 bits per heavy atom. The van der Waals surface area contributed by atoms with Crippen molar-refractivity contribution in [2.45, 2.75) is 38.3 Å². The number of rotatable bonds is 2. The third kappa shape index (κ3) is 3.26. The van der Waals surface area contributed by atoms with E-state index >= 15 is 0 Å². The average molecular weight is 352 g/mol. The third-order valence-corrected chi connectivity index (χ3v) is 6.00. The molecule has 4 heteroatoms. The topological polar surface area (TPSA) is 23.6 Å². The Morgan fingerprint density at radius 3 is 2.62 bits per heavy atom. The molecule has 1 fully saturated rings. The summed E-state index contributed by atoms with van der Waals surface area (Å²) in [5, 5.41) is 0. The summed E-state index contributed by atoms with van der Waals surface area (Å²) >= 11 is 0. The molecule has 0 unspecified atom stereocenters. The van der Waals surface area contributed by atoms with Crippen LogP contribution in [0.5, 0.6) is 0 Å². The maximum Gasteiger partial charge on any atom is 0.219 e. The van der Waals surface area contributed by atoms with E-state index in [0.717, 1.165) is 51.1 Å². The van der Waals surface area contributed by atoms with Crippen molar-refractivity contribution in [2.75, 3.05) is 19.6 Å². The minimum Gasteiger partial charge on any atom is -0.338 e. The average Bonchev–Trinajstić information content (AvgIpc) is 2.64. The lowest BCUT2D eigenvalue weighted by Crippen LogP contribution is -2.52. The van der Waals surface area contributed by atoms with Crippen LogP contribution < -0.4 is 0 Å². The number of fused-ring (bicyclic) bond motifs is 2. The smallest absolute Gasteiger partial charge is 0.219 e. The Labute approximate surface area is 154 Å². The van der Waals surface area contributed by atoms with Gasteiger partial charge in [-0.1, -0.05) is 36.4 Å². The molecule has 26 heavy (non-hydrogen) atoms. The molecule has 0 atom stereocenters. The summed E-state index contributed by atoms with van der Waals surface area (Å²) in [5.41, 5.74) is 3.78. The SMILES string of the molecule is CC(=O)N1Cc2ccccc2C2(CCN(Cc3cccc(F)c3)CC2)C1. The third-order valence-electron chi connectivity index (χ3n) is 6.00. The Kier molecular flexibility index (Phi) is 4.53. The molecule has 136 valence electrons. The Morgan fingerprint density at radius 2 is 1.88 bits per heavy atom. The van der Waals surface area contributed by atoms with E-state index in [0.29, 0.717) is 0 Å². The molecule has 2 heterocycles. The maximum atomic E-state index is 13.4. The van der Waals surface area contributed by atoms with E-state index in [-0.39, 0.29) is 17.1 Å². The summed E-state index contributed by atoms with van der Waals surface area (Å²) in [7, 11) is 0. The van der Waals surface area contributed by atoms with Gasteiger partial charge in [-0.15, -0.1) is 0 Å². The van der Waals surface area contributed by atoms with E-state index in [2.05, 4.69) is 29.2 Å². The van der Waals surface area contributed by atoms with Gasteiger partial charge in [0.1, 0.15) is 5.82 Å². The van der Waals surface area contributed by atoms with Crippen molar-refractivity contribution in [1.29, 1.82) is 0 Å². The van der Waals surface area contributed by atoms with E-state index in [1.807, 2.05) is 11.0 Å². The molecule has 0 radical (unpaired) electrons. The Bertz CT molecular complexity index is 811. The quantitative estimate of drug-likeness (QED) is 0.822. The lowest BCUT2D eigenvalue weighted by molar-refractivity contribution is -0.131. The fraction of sp³-hybridized carbons (Fsp3) is 0.409. The molecule has 2 aromatic rings. The molecule has 3 nitrogen and oxygen atoms in total. The highest BCUT2D eigenvalue weighted by Gasteiger charge is 2.42. The number of carbonyl (C=O) groups excluding carboxylic acids is 1. The zero-order chi connectivity index (χ0) is 18.1. The predicted octanol–water partition coefficient (Wildman–Crippen LogP) is 3.72.